The van der Waals surface area contributed by atoms with Crippen molar-refractivity contribution in [3.8, 4) is 28.0 Å². The number of aliphatic hydroxyl groups excluding tert-OH is 2. The molecule has 1 aromatic heterocycles. The van der Waals surface area contributed by atoms with Crippen LogP contribution < -0.4 is 10.1 Å². The summed E-state index contributed by atoms with van der Waals surface area (Å²) in [4.78, 5) is 25.7. The van der Waals surface area contributed by atoms with E-state index in [2.05, 4.69) is 10.1 Å². The van der Waals surface area contributed by atoms with Crippen molar-refractivity contribution in [2.75, 3.05) is 14.2 Å². The Morgan fingerprint density at radius 2 is 1.61 bits per heavy atom. The highest BCUT2D eigenvalue weighted by molar-refractivity contribution is 6.06. The van der Waals surface area contributed by atoms with Crippen LogP contribution in [0.3, 0.4) is 0 Å². The lowest BCUT2D eigenvalue weighted by Crippen LogP contribution is -2.27. The van der Waals surface area contributed by atoms with E-state index in [0.29, 0.717) is 33.6 Å². The second-order valence-corrected chi connectivity index (χ2v) is 11.1. The topological polar surface area (TPSA) is 110 Å². The number of halogens is 2. The smallest absolute Gasteiger partial charge is 0.308 e. The van der Waals surface area contributed by atoms with E-state index in [1.54, 1.807) is 24.3 Å². The van der Waals surface area contributed by atoms with Gasteiger partial charge in [0.1, 0.15) is 11.5 Å². The number of hydrogen-bond donors (Lipinski definition) is 3. The summed E-state index contributed by atoms with van der Waals surface area (Å²) >= 11 is 0. The first-order valence-electron chi connectivity index (χ1n) is 14.8. The van der Waals surface area contributed by atoms with Gasteiger partial charge in [0, 0.05) is 35.8 Å². The molecule has 1 heterocycles. The number of rotatable bonds is 13. The van der Waals surface area contributed by atoms with Crippen LogP contribution in [0.15, 0.2) is 78.9 Å². The van der Waals surface area contributed by atoms with Gasteiger partial charge in [0.2, 0.25) is 0 Å². The minimum absolute atomic E-state index is 0.0328. The molecule has 10 heteroatoms. The number of benzene rings is 3. The van der Waals surface area contributed by atoms with Gasteiger partial charge in [0.15, 0.2) is 11.6 Å². The number of aromatic nitrogens is 1. The van der Waals surface area contributed by atoms with E-state index >= 15 is 0 Å². The fourth-order valence-corrected chi connectivity index (χ4v) is 5.33. The summed E-state index contributed by atoms with van der Waals surface area (Å²) in [5.74, 6) is -1.91. The fourth-order valence-electron chi connectivity index (χ4n) is 5.33. The molecular formula is C36H38F2N2O6. The van der Waals surface area contributed by atoms with Crippen molar-refractivity contribution >= 4 is 18.0 Å². The van der Waals surface area contributed by atoms with Crippen LogP contribution in [-0.4, -0.2) is 53.1 Å². The molecule has 0 saturated heterocycles. The molecule has 8 nitrogen and oxygen atoms in total. The Balaban J connectivity index is 1.87. The van der Waals surface area contributed by atoms with Gasteiger partial charge in [-0.3, -0.25) is 9.59 Å². The van der Waals surface area contributed by atoms with Crippen LogP contribution in [0.4, 0.5) is 8.78 Å². The highest BCUT2D eigenvalue weighted by Gasteiger charge is 2.29. The average molecular weight is 633 g/mol. The summed E-state index contributed by atoms with van der Waals surface area (Å²) in [5, 5.41) is 24.0. The number of amides is 1. The van der Waals surface area contributed by atoms with Crippen LogP contribution in [0, 0.1) is 11.6 Å². The molecule has 2 atom stereocenters. The van der Waals surface area contributed by atoms with Gasteiger partial charge >= 0.3 is 5.97 Å². The molecule has 0 aliphatic heterocycles. The lowest BCUT2D eigenvalue weighted by molar-refractivity contribution is -0.143. The van der Waals surface area contributed by atoms with Gasteiger partial charge in [0.25, 0.3) is 5.91 Å². The summed E-state index contributed by atoms with van der Waals surface area (Å²) in [6, 6.07) is 19.4. The molecule has 4 rings (SSSR count). The Morgan fingerprint density at radius 3 is 2.22 bits per heavy atom. The molecular weight excluding hydrogens is 594 g/mol. The van der Waals surface area contributed by atoms with Gasteiger partial charge in [-0.25, -0.2) is 8.78 Å². The van der Waals surface area contributed by atoms with E-state index in [0.717, 1.165) is 5.56 Å². The number of ether oxygens (including phenoxy) is 2. The maximum absolute atomic E-state index is 14.4. The predicted molar refractivity (Wildman–Crippen MR) is 172 cm³/mol. The summed E-state index contributed by atoms with van der Waals surface area (Å²) in [7, 11) is 2.59. The number of methoxy groups -OCH3 is 2. The van der Waals surface area contributed by atoms with Crippen LogP contribution in [0.25, 0.3) is 28.3 Å². The van der Waals surface area contributed by atoms with Gasteiger partial charge in [0.05, 0.1) is 32.8 Å². The molecule has 0 aliphatic carbocycles. The zero-order valence-corrected chi connectivity index (χ0v) is 26.2. The minimum Gasteiger partial charge on any atom is -0.494 e. The maximum atomic E-state index is 14.4. The van der Waals surface area contributed by atoms with E-state index < -0.39 is 35.7 Å². The Kier molecular flexibility index (Phi) is 11.5. The largest absolute Gasteiger partial charge is 0.494 e. The SMILES string of the molecule is COC(=O)C[C@H](O)C[C@H](O)C=Cc1c(-c2ccc(F)cc2)c(-c2ccccc2)c(C(=O)NCc2ccc(OC)c(F)c2)n1C(C)C. The molecule has 0 saturated carbocycles. The molecule has 3 aromatic carbocycles. The van der Waals surface area contributed by atoms with Crippen molar-refractivity contribution in [2.45, 2.75) is 51.5 Å². The molecule has 0 radical (unpaired) electrons. The number of nitrogens with zero attached hydrogens (tertiary/aromatic N) is 1. The van der Waals surface area contributed by atoms with Crippen molar-refractivity contribution in [3.05, 3.63) is 107 Å². The van der Waals surface area contributed by atoms with Crippen molar-refractivity contribution in [2.24, 2.45) is 0 Å². The number of carbonyl (C=O) groups is 2. The zero-order valence-electron chi connectivity index (χ0n) is 26.2. The van der Waals surface area contributed by atoms with E-state index in [1.165, 1.54) is 44.6 Å². The molecule has 46 heavy (non-hydrogen) atoms. The molecule has 0 aliphatic rings. The summed E-state index contributed by atoms with van der Waals surface area (Å²) in [6.45, 7) is 3.85. The van der Waals surface area contributed by atoms with Gasteiger partial charge < -0.3 is 29.6 Å². The van der Waals surface area contributed by atoms with Crippen molar-refractivity contribution < 1.29 is 38.1 Å². The molecule has 242 valence electrons. The number of carbonyl (C=O) groups excluding carboxylic acids is 2. The third-order valence-electron chi connectivity index (χ3n) is 7.46. The summed E-state index contributed by atoms with van der Waals surface area (Å²) in [6.07, 6.45) is 0.472. The molecule has 1 amide bonds. The predicted octanol–water partition coefficient (Wildman–Crippen LogP) is 6.31. The van der Waals surface area contributed by atoms with E-state index in [9.17, 15) is 28.6 Å². The van der Waals surface area contributed by atoms with Crippen molar-refractivity contribution in [3.63, 3.8) is 0 Å². The highest BCUT2D eigenvalue weighted by Crippen LogP contribution is 2.42. The first-order valence-corrected chi connectivity index (χ1v) is 14.8. The van der Waals surface area contributed by atoms with Crippen LogP contribution in [-0.2, 0) is 16.1 Å². The fraction of sp³-hybridized carbons (Fsp3) is 0.278. The molecule has 3 N–H and O–H groups in total. The summed E-state index contributed by atoms with van der Waals surface area (Å²) in [5.41, 5.74) is 3.97. The van der Waals surface area contributed by atoms with Crippen LogP contribution >= 0.6 is 0 Å². The first kappa shape index (κ1) is 34.1. The highest BCUT2D eigenvalue weighted by atomic mass is 19.1. The monoisotopic (exact) mass is 632 g/mol. The third-order valence-corrected chi connectivity index (χ3v) is 7.46. The van der Waals surface area contributed by atoms with Gasteiger partial charge in [-0.15, -0.1) is 0 Å². The number of esters is 1. The number of aliphatic hydroxyl groups is 2. The lowest BCUT2D eigenvalue weighted by atomic mass is 9.94. The number of nitrogens with one attached hydrogen (secondary N) is 1. The van der Waals surface area contributed by atoms with Gasteiger partial charge in [-0.05, 0) is 60.9 Å². The Bertz CT molecular complexity index is 1680. The Labute approximate surface area is 266 Å². The third kappa shape index (κ3) is 8.07. The Morgan fingerprint density at radius 1 is 0.935 bits per heavy atom. The van der Waals surface area contributed by atoms with E-state index in [4.69, 9.17) is 4.74 Å². The second-order valence-electron chi connectivity index (χ2n) is 11.1. The first-order chi connectivity index (χ1) is 22.0. The quantitative estimate of drug-likeness (QED) is 0.149. The Hall–Kier alpha value is -4.80. The van der Waals surface area contributed by atoms with Crippen molar-refractivity contribution in [1.29, 1.82) is 0 Å². The second kappa shape index (κ2) is 15.5. The van der Waals surface area contributed by atoms with E-state index in [1.807, 2.05) is 48.7 Å². The van der Waals surface area contributed by atoms with Crippen LogP contribution in [0.2, 0.25) is 0 Å². The van der Waals surface area contributed by atoms with Crippen LogP contribution in [0.5, 0.6) is 5.75 Å². The maximum Gasteiger partial charge on any atom is 0.308 e. The normalized spacial score (nSPS) is 12.7. The molecule has 0 unspecified atom stereocenters. The lowest BCUT2D eigenvalue weighted by Gasteiger charge is -2.17. The van der Waals surface area contributed by atoms with Gasteiger partial charge in [-0.1, -0.05) is 54.6 Å². The van der Waals surface area contributed by atoms with Gasteiger partial charge in [-0.2, -0.15) is 0 Å². The minimum atomic E-state index is -1.14. The molecule has 0 bridgehead atoms. The van der Waals surface area contributed by atoms with Crippen LogP contribution in [0.1, 0.15) is 54.5 Å². The molecule has 0 spiro atoms. The van der Waals surface area contributed by atoms with Crippen molar-refractivity contribution in [1.82, 2.24) is 9.88 Å². The molecule has 4 aromatic rings. The number of hydrogen-bond acceptors (Lipinski definition) is 6. The average Bonchev–Trinajstić information content (AvgIpc) is 3.39. The summed E-state index contributed by atoms with van der Waals surface area (Å²) < 4.78 is 39.9. The molecule has 0 fully saturated rings. The zero-order chi connectivity index (χ0) is 33.4. The van der Waals surface area contributed by atoms with E-state index in [-0.39, 0.29) is 31.2 Å². The standard InChI is InChI=1S/C36H38F2N2O6/c1-22(2)40-30(16-15-27(41)19-28(42)20-32(43)46-4)33(25-11-13-26(37)14-12-25)34(24-8-6-5-7-9-24)35(40)36(44)39-21-23-10-17-31(45-3)29(38)18-23/h5-18,22,27-28,41-42H,19-21H2,1-4H3,(H,39,44)/t27-,28-/m1/s1.